The van der Waals surface area contributed by atoms with E-state index in [4.69, 9.17) is 11.6 Å². The SMILES string of the molecule is CC(C)(C)C(=O)N1CCC(C(=O)NCc2cn3cc(Cl)ccc3n2)CC1. The molecule has 1 saturated heterocycles. The molecular formula is C19H25ClN4O2. The molecule has 1 aliphatic heterocycles. The number of hydrogen-bond donors (Lipinski definition) is 1. The van der Waals surface area contributed by atoms with Crippen molar-refractivity contribution >= 4 is 29.1 Å². The minimum atomic E-state index is -0.374. The number of piperidine rings is 1. The second-order valence-electron chi connectivity index (χ2n) is 7.88. The van der Waals surface area contributed by atoms with Crippen LogP contribution in [-0.2, 0) is 16.1 Å². The first-order valence-electron chi connectivity index (χ1n) is 8.94. The van der Waals surface area contributed by atoms with Gasteiger partial charge in [0.05, 0.1) is 17.3 Å². The van der Waals surface area contributed by atoms with Crippen molar-refractivity contribution in [1.29, 1.82) is 0 Å². The number of likely N-dealkylation sites (tertiary alicyclic amines) is 1. The molecule has 0 spiro atoms. The van der Waals surface area contributed by atoms with E-state index in [1.165, 1.54) is 0 Å². The molecule has 1 fully saturated rings. The van der Waals surface area contributed by atoms with Gasteiger partial charge in [-0.2, -0.15) is 0 Å². The van der Waals surface area contributed by atoms with E-state index in [2.05, 4.69) is 10.3 Å². The highest BCUT2D eigenvalue weighted by molar-refractivity contribution is 6.30. The molecule has 2 amide bonds. The second-order valence-corrected chi connectivity index (χ2v) is 8.32. The molecular weight excluding hydrogens is 352 g/mol. The van der Waals surface area contributed by atoms with Crippen LogP contribution in [0.5, 0.6) is 0 Å². The average molecular weight is 377 g/mol. The summed E-state index contributed by atoms with van der Waals surface area (Å²) in [6.07, 6.45) is 5.06. The van der Waals surface area contributed by atoms with E-state index < -0.39 is 0 Å². The van der Waals surface area contributed by atoms with Crippen molar-refractivity contribution in [2.45, 2.75) is 40.2 Å². The minimum Gasteiger partial charge on any atom is -0.350 e. The summed E-state index contributed by atoms with van der Waals surface area (Å²) in [7, 11) is 0. The van der Waals surface area contributed by atoms with Crippen molar-refractivity contribution in [3.63, 3.8) is 0 Å². The van der Waals surface area contributed by atoms with Crippen molar-refractivity contribution in [1.82, 2.24) is 19.6 Å². The normalized spacial score (nSPS) is 16.1. The number of nitrogens with one attached hydrogen (secondary N) is 1. The lowest BCUT2D eigenvalue weighted by atomic mass is 9.90. The highest BCUT2D eigenvalue weighted by atomic mass is 35.5. The third-order valence-corrected chi connectivity index (χ3v) is 4.93. The predicted octanol–water partition coefficient (Wildman–Crippen LogP) is 2.89. The van der Waals surface area contributed by atoms with E-state index in [9.17, 15) is 9.59 Å². The van der Waals surface area contributed by atoms with Crippen LogP contribution in [0.1, 0.15) is 39.3 Å². The van der Waals surface area contributed by atoms with Crippen LogP contribution in [0.25, 0.3) is 5.65 Å². The Labute approximate surface area is 158 Å². The molecule has 2 aromatic heterocycles. The molecule has 0 aromatic carbocycles. The van der Waals surface area contributed by atoms with Gasteiger partial charge in [0.2, 0.25) is 11.8 Å². The zero-order valence-corrected chi connectivity index (χ0v) is 16.2. The first-order valence-corrected chi connectivity index (χ1v) is 9.32. The van der Waals surface area contributed by atoms with Crippen LogP contribution in [0.4, 0.5) is 0 Å². The third-order valence-electron chi connectivity index (χ3n) is 4.70. The van der Waals surface area contributed by atoms with Crippen molar-refractivity contribution in [3.05, 3.63) is 35.2 Å². The molecule has 140 valence electrons. The lowest BCUT2D eigenvalue weighted by Crippen LogP contribution is -2.46. The lowest BCUT2D eigenvalue weighted by Gasteiger charge is -2.35. The van der Waals surface area contributed by atoms with Crippen LogP contribution >= 0.6 is 11.6 Å². The van der Waals surface area contributed by atoms with Gasteiger partial charge in [-0.05, 0) is 25.0 Å². The largest absolute Gasteiger partial charge is 0.350 e. The number of aromatic nitrogens is 2. The van der Waals surface area contributed by atoms with E-state index in [0.717, 1.165) is 11.3 Å². The van der Waals surface area contributed by atoms with Gasteiger partial charge in [0, 0.05) is 36.8 Å². The van der Waals surface area contributed by atoms with Gasteiger partial charge in [-0.1, -0.05) is 32.4 Å². The van der Waals surface area contributed by atoms with Crippen molar-refractivity contribution in [2.24, 2.45) is 11.3 Å². The van der Waals surface area contributed by atoms with Gasteiger partial charge >= 0.3 is 0 Å². The predicted molar refractivity (Wildman–Crippen MR) is 101 cm³/mol. The number of nitrogens with zero attached hydrogens (tertiary/aromatic N) is 3. The molecule has 2 aromatic rings. The van der Waals surface area contributed by atoms with Crippen molar-refractivity contribution < 1.29 is 9.59 Å². The number of amides is 2. The molecule has 26 heavy (non-hydrogen) atoms. The van der Waals surface area contributed by atoms with E-state index >= 15 is 0 Å². The smallest absolute Gasteiger partial charge is 0.227 e. The Morgan fingerprint density at radius 3 is 2.58 bits per heavy atom. The molecule has 3 heterocycles. The Balaban J connectivity index is 1.52. The van der Waals surface area contributed by atoms with Gasteiger partial charge in [0.1, 0.15) is 5.65 Å². The fraction of sp³-hybridized carbons (Fsp3) is 0.526. The summed E-state index contributed by atoms with van der Waals surface area (Å²) < 4.78 is 1.85. The highest BCUT2D eigenvalue weighted by Crippen LogP contribution is 2.23. The Morgan fingerprint density at radius 1 is 1.23 bits per heavy atom. The Bertz CT molecular complexity index is 817. The topological polar surface area (TPSA) is 66.7 Å². The summed E-state index contributed by atoms with van der Waals surface area (Å²) in [5.41, 5.74) is 1.22. The summed E-state index contributed by atoms with van der Waals surface area (Å²) in [6, 6.07) is 3.63. The maximum absolute atomic E-state index is 12.4. The van der Waals surface area contributed by atoms with Crippen LogP contribution < -0.4 is 5.32 Å². The molecule has 1 aliphatic rings. The Hall–Kier alpha value is -2.08. The highest BCUT2D eigenvalue weighted by Gasteiger charge is 2.32. The van der Waals surface area contributed by atoms with Crippen LogP contribution in [0.2, 0.25) is 5.02 Å². The van der Waals surface area contributed by atoms with E-state index in [1.807, 2.05) is 42.3 Å². The van der Waals surface area contributed by atoms with Gasteiger partial charge in [0.15, 0.2) is 0 Å². The fourth-order valence-electron chi connectivity index (χ4n) is 3.24. The molecule has 0 unspecified atom stereocenters. The zero-order chi connectivity index (χ0) is 18.9. The molecule has 0 aliphatic carbocycles. The molecule has 0 atom stereocenters. The quantitative estimate of drug-likeness (QED) is 0.895. The maximum Gasteiger partial charge on any atom is 0.227 e. The molecule has 6 nitrogen and oxygen atoms in total. The Morgan fingerprint density at radius 2 is 1.92 bits per heavy atom. The average Bonchev–Trinajstić information content (AvgIpc) is 3.00. The standard InChI is InChI=1S/C19H25ClN4O2/c1-19(2,3)18(26)23-8-6-13(7-9-23)17(25)21-10-15-12-24-11-14(20)4-5-16(24)22-15/h4-5,11-13H,6-10H2,1-3H3,(H,21,25). The number of hydrogen-bond acceptors (Lipinski definition) is 3. The number of fused-ring (bicyclic) bond motifs is 1. The summed E-state index contributed by atoms with van der Waals surface area (Å²) >= 11 is 5.97. The number of carbonyl (C=O) groups is 2. The first-order chi connectivity index (χ1) is 12.2. The van der Waals surface area contributed by atoms with Gasteiger partial charge in [0.25, 0.3) is 0 Å². The van der Waals surface area contributed by atoms with E-state index in [-0.39, 0.29) is 23.1 Å². The number of imidazole rings is 1. The van der Waals surface area contributed by atoms with Gasteiger partial charge in [-0.3, -0.25) is 9.59 Å². The molecule has 0 saturated carbocycles. The third kappa shape index (κ3) is 4.18. The number of pyridine rings is 1. The summed E-state index contributed by atoms with van der Waals surface area (Å²) in [5.74, 6) is 0.133. The van der Waals surface area contributed by atoms with Crippen molar-refractivity contribution in [3.8, 4) is 0 Å². The number of carbonyl (C=O) groups excluding carboxylic acids is 2. The summed E-state index contributed by atoms with van der Waals surface area (Å²) in [4.78, 5) is 31.1. The second kappa shape index (κ2) is 7.27. The molecule has 3 rings (SSSR count). The van der Waals surface area contributed by atoms with Gasteiger partial charge in [-0.25, -0.2) is 4.98 Å². The summed E-state index contributed by atoms with van der Waals surface area (Å²) in [5, 5.41) is 3.61. The van der Waals surface area contributed by atoms with E-state index in [1.54, 1.807) is 12.3 Å². The van der Waals surface area contributed by atoms with Crippen LogP contribution in [-0.4, -0.2) is 39.2 Å². The van der Waals surface area contributed by atoms with E-state index in [0.29, 0.717) is 37.5 Å². The molecule has 0 radical (unpaired) electrons. The minimum absolute atomic E-state index is 0.0305. The molecule has 1 N–H and O–H groups in total. The van der Waals surface area contributed by atoms with Gasteiger partial charge < -0.3 is 14.6 Å². The first kappa shape index (κ1) is 18.7. The van der Waals surface area contributed by atoms with Crippen LogP contribution in [0.15, 0.2) is 24.5 Å². The molecule has 0 bridgehead atoms. The van der Waals surface area contributed by atoms with Crippen molar-refractivity contribution in [2.75, 3.05) is 13.1 Å². The lowest BCUT2D eigenvalue weighted by molar-refractivity contribution is -0.142. The Kier molecular flexibility index (Phi) is 5.23. The fourth-order valence-corrected chi connectivity index (χ4v) is 3.41. The number of halogens is 1. The molecule has 7 heteroatoms. The summed E-state index contributed by atoms with van der Waals surface area (Å²) in [6.45, 7) is 7.45. The van der Waals surface area contributed by atoms with Crippen LogP contribution in [0, 0.1) is 11.3 Å². The number of rotatable bonds is 3. The van der Waals surface area contributed by atoms with Crippen LogP contribution in [0.3, 0.4) is 0 Å². The zero-order valence-electron chi connectivity index (χ0n) is 15.5. The monoisotopic (exact) mass is 376 g/mol. The maximum atomic E-state index is 12.4. The van der Waals surface area contributed by atoms with Gasteiger partial charge in [-0.15, -0.1) is 0 Å².